The van der Waals surface area contributed by atoms with Gasteiger partial charge in [-0.25, -0.2) is 19.9 Å². The van der Waals surface area contributed by atoms with Crippen molar-refractivity contribution in [3.8, 4) is 33.8 Å². The lowest BCUT2D eigenvalue weighted by atomic mass is 10.0. The number of ether oxygens (including phenoxy) is 2. The van der Waals surface area contributed by atoms with Gasteiger partial charge in [0.2, 0.25) is 11.8 Å². The van der Waals surface area contributed by atoms with Crippen LogP contribution in [0, 0.1) is 0 Å². The third kappa shape index (κ3) is 7.68. The van der Waals surface area contributed by atoms with Crippen LogP contribution in [0.4, 0.5) is 0 Å². The molecule has 2 aliphatic rings. The molecule has 6 aromatic rings. The predicted octanol–water partition coefficient (Wildman–Crippen LogP) is 8.00. The molecule has 0 fully saturated rings. The van der Waals surface area contributed by atoms with Gasteiger partial charge in [0.15, 0.2) is 23.7 Å². The first kappa shape index (κ1) is 30.2. The van der Waals surface area contributed by atoms with Gasteiger partial charge < -0.3 is 19.1 Å². The molecule has 2 aliphatic heterocycles. The lowest BCUT2D eigenvalue weighted by Gasteiger charge is -2.09. The van der Waals surface area contributed by atoms with Crippen LogP contribution in [0.1, 0.15) is 36.2 Å². The molecule has 0 saturated heterocycles. The Morgan fingerprint density at radius 3 is 1.17 bits per heavy atom. The minimum Gasteiger partial charge on any atom is -0.436 e. The summed E-state index contributed by atoms with van der Waals surface area (Å²) in [5.41, 5.74) is 6.89. The molecule has 0 N–H and O–H groups in total. The van der Waals surface area contributed by atoms with Crippen LogP contribution in [0.5, 0.6) is 11.5 Å². The third-order valence-corrected chi connectivity index (χ3v) is 7.61. The van der Waals surface area contributed by atoms with Crippen LogP contribution in [0.15, 0.2) is 157 Å². The molecule has 2 aromatic heterocycles. The number of rotatable bonds is 6. The second-order valence-corrected chi connectivity index (χ2v) is 10.9. The van der Waals surface area contributed by atoms with Crippen LogP contribution in [0.2, 0.25) is 0 Å². The largest absolute Gasteiger partial charge is 0.436 e. The molecule has 0 amide bonds. The van der Waals surface area contributed by atoms with E-state index in [4.69, 9.17) is 19.1 Å². The molecule has 4 aromatic carbocycles. The van der Waals surface area contributed by atoms with Crippen molar-refractivity contribution in [1.29, 1.82) is 0 Å². The lowest BCUT2D eigenvalue weighted by Crippen LogP contribution is -2.07. The zero-order valence-electron chi connectivity index (χ0n) is 25.7. The maximum absolute atomic E-state index is 5.62. The van der Waals surface area contributed by atoms with Crippen molar-refractivity contribution < 1.29 is 19.1 Å². The number of aromatic nitrogens is 4. The van der Waals surface area contributed by atoms with Crippen LogP contribution in [0.25, 0.3) is 22.3 Å². The molecular weight excluding hydrogens is 604 g/mol. The topological polar surface area (TPSA) is 113 Å². The third-order valence-electron chi connectivity index (χ3n) is 7.61. The number of oxime groups is 2. The summed E-state index contributed by atoms with van der Waals surface area (Å²) >= 11 is 0. The molecule has 8 rings (SSSR count). The quantitative estimate of drug-likeness (QED) is 0.181. The summed E-state index contributed by atoms with van der Waals surface area (Å²) < 4.78 is 11.2. The van der Waals surface area contributed by atoms with Gasteiger partial charge in [0, 0.05) is 0 Å². The number of nitrogens with zero attached hydrogens (tertiary/aromatic N) is 6. The zero-order chi connectivity index (χ0) is 32.4. The highest BCUT2D eigenvalue weighted by molar-refractivity contribution is 5.80. The van der Waals surface area contributed by atoms with Crippen molar-refractivity contribution in [3.05, 3.63) is 158 Å². The van der Waals surface area contributed by atoms with E-state index in [0.717, 1.165) is 11.1 Å². The molecule has 0 saturated carbocycles. The Hall–Kier alpha value is -6.42. The summed E-state index contributed by atoms with van der Waals surface area (Å²) in [5.74, 6) is 2.17. The predicted molar refractivity (Wildman–Crippen MR) is 181 cm³/mol. The maximum atomic E-state index is 5.62. The second-order valence-electron chi connectivity index (χ2n) is 10.9. The van der Waals surface area contributed by atoms with Crippen LogP contribution in [0.3, 0.4) is 0 Å². The molecule has 0 spiro atoms. The van der Waals surface area contributed by atoms with E-state index >= 15 is 0 Å². The van der Waals surface area contributed by atoms with Crippen molar-refractivity contribution in [2.75, 3.05) is 0 Å². The summed E-state index contributed by atoms with van der Waals surface area (Å²) in [6, 6.07) is 37.2. The van der Waals surface area contributed by atoms with E-state index in [0.29, 0.717) is 36.1 Å². The van der Waals surface area contributed by atoms with Crippen LogP contribution >= 0.6 is 0 Å². The summed E-state index contributed by atoms with van der Waals surface area (Å²) in [7, 11) is 0. The Balaban J connectivity index is 0.000000152. The van der Waals surface area contributed by atoms with Crippen molar-refractivity contribution in [2.24, 2.45) is 10.3 Å². The molecule has 2 atom stereocenters. The van der Waals surface area contributed by atoms with Gasteiger partial charge in [-0.15, -0.1) is 0 Å². The fourth-order valence-corrected chi connectivity index (χ4v) is 5.18. The summed E-state index contributed by atoms with van der Waals surface area (Å²) in [4.78, 5) is 26.6. The molecule has 10 heteroatoms. The molecule has 0 unspecified atom stereocenters. The first-order valence-corrected chi connectivity index (χ1v) is 15.4. The molecule has 0 radical (unpaired) electrons. The van der Waals surface area contributed by atoms with Crippen LogP contribution < -0.4 is 9.47 Å². The van der Waals surface area contributed by atoms with Gasteiger partial charge in [0.25, 0.3) is 0 Å². The first-order valence-electron chi connectivity index (χ1n) is 15.4. The minimum absolute atomic E-state index is 0.130. The smallest absolute Gasteiger partial charge is 0.235 e. The van der Waals surface area contributed by atoms with E-state index in [1.807, 2.05) is 36.4 Å². The Morgan fingerprint density at radius 1 is 0.438 bits per heavy atom. The highest BCUT2D eigenvalue weighted by Gasteiger charge is 2.26. The van der Waals surface area contributed by atoms with E-state index in [9.17, 15) is 0 Å². The Kier molecular flexibility index (Phi) is 9.31. The van der Waals surface area contributed by atoms with E-state index in [1.165, 1.54) is 34.9 Å². The number of hydrogen-bond donors (Lipinski definition) is 0. The highest BCUT2D eigenvalue weighted by atomic mass is 16.7. The van der Waals surface area contributed by atoms with Gasteiger partial charge in [-0.3, -0.25) is 0 Å². The number of hydrogen-bond acceptors (Lipinski definition) is 10. The van der Waals surface area contributed by atoms with Gasteiger partial charge in [-0.05, 0) is 33.4 Å². The average molecular weight is 635 g/mol. The molecule has 10 nitrogen and oxygen atoms in total. The average Bonchev–Trinajstić information content (AvgIpc) is 3.84. The van der Waals surface area contributed by atoms with Gasteiger partial charge in [-0.1, -0.05) is 120 Å². The van der Waals surface area contributed by atoms with Crippen molar-refractivity contribution >= 4 is 11.8 Å². The summed E-state index contributed by atoms with van der Waals surface area (Å²) in [6.45, 7) is 0. The van der Waals surface area contributed by atoms with Gasteiger partial charge >= 0.3 is 0 Å². The van der Waals surface area contributed by atoms with Crippen molar-refractivity contribution in [3.63, 3.8) is 0 Å². The van der Waals surface area contributed by atoms with E-state index in [-0.39, 0.29) is 12.2 Å². The Labute approximate surface area is 277 Å². The van der Waals surface area contributed by atoms with E-state index in [1.54, 1.807) is 24.8 Å². The van der Waals surface area contributed by atoms with Crippen LogP contribution in [-0.4, -0.2) is 31.7 Å². The van der Waals surface area contributed by atoms with Crippen LogP contribution in [-0.2, 0) is 9.68 Å². The van der Waals surface area contributed by atoms with Crippen molar-refractivity contribution in [2.45, 2.75) is 25.0 Å². The molecular formula is C38H30N6O4. The molecule has 48 heavy (non-hydrogen) atoms. The lowest BCUT2D eigenvalue weighted by molar-refractivity contribution is 0.0854. The zero-order valence-corrected chi connectivity index (χ0v) is 25.7. The minimum atomic E-state index is -0.130. The van der Waals surface area contributed by atoms with E-state index in [2.05, 4.69) is 103 Å². The normalized spacial score (nSPS) is 16.3. The molecule has 0 bridgehead atoms. The van der Waals surface area contributed by atoms with Gasteiger partial charge in [0.1, 0.15) is 12.7 Å². The summed E-state index contributed by atoms with van der Waals surface area (Å²) in [5, 5.41) is 8.02. The standard InChI is InChI=1S/2C19H15N3O2/c2*1-2-4-14(5-3-1)15-6-8-16(9-7-15)18-10-19(22-24-18)23-17-11-20-13-21-12-17/h2*1-9,11-13,18H,10H2/t2*18-/m10/s1. The van der Waals surface area contributed by atoms with E-state index < -0.39 is 0 Å². The monoisotopic (exact) mass is 634 g/mol. The molecule has 236 valence electrons. The molecule has 0 aliphatic carbocycles. The van der Waals surface area contributed by atoms with Gasteiger partial charge in [0.05, 0.1) is 37.6 Å². The first-order chi connectivity index (χ1) is 23.8. The number of benzene rings is 4. The molecule has 4 heterocycles. The van der Waals surface area contributed by atoms with Crippen molar-refractivity contribution in [1.82, 2.24) is 19.9 Å². The van der Waals surface area contributed by atoms with Gasteiger partial charge in [-0.2, -0.15) is 0 Å². The fourth-order valence-electron chi connectivity index (χ4n) is 5.18. The second kappa shape index (κ2) is 14.8. The maximum Gasteiger partial charge on any atom is 0.235 e. The Morgan fingerprint density at radius 2 is 0.792 bits per heavy atom. The SMILES string of the molecule is c1ccc(-c2ccc([C@@H]3CC(Oc4cncnc4)=NO3)cc2)cc1.c1ccc(-c2ccc([C@H]3CC(Oc4cncnc4)=NO3)cc2)cc1. The fraction of sp³-hybridized carbons (Fsp3) is 0.105. The highest BCUT2D eigenvalue weighted by Crippen LogP contribution is 2.31. The Bertz CT molecular complexity index is 1810. The summed E-state index contributed by atoms with van der Waals surface area (Å²) in [6.07, 6.45) is 10.2.